The van der Waals surface area contributed by atoms with Gasteiger partial charge in [-0.05, 0) is 44.0 Å². The van der Waals surface area contributed by atoms with E-state index in [9.17, 15) is 18.0 Å². The first kappa shape index (κ1) is 22.8. The average molecular weight is 371 g/mol. The number of carboxylic acid groups (broad SMARTS) is 2. The van der Waals surface area contributed by atoms with Crippen LogP contribution in [-0.4, -0.2) is 48.0 Å². The zero-order chi connectivity index (χ0) is 19.5. The fourth-order valence-corrected chi connectivity index (χ4v) is 3.54. The Kier molecular flexibility index (Phi) is 10.4. The molecule has 0 bridgehead atoms. The standard InChI is InChI=1S/C13H19NO4S.C4H6O2/c1-3-9-14(10-4-2)19(17,18)12-7-5-11(6-8-12)13(15)16;1-2-3-4(5)6/h5-8H,3-4,9-10H2,1-2H3,(H,15,16);2-3H,1H3,(H,5,6)/b;3-2+. The van der Waals surface area contributed by atoms with E-state index in [2.05, 4.69) is 0 Å². The summed E-state index contributed by atoms with van der Waals surface area (Å²) >= 11 is 0. The zero-order valence-electron chi connectivity index (χ0n) is 14.7. The van der Waals surface area contributed by atoms with Gasteiger partial charge in [-0.1, -0.05) is 19.9 Å². The molecule has 0 aliphatic carbocycles. The second kappa shape index (κ2) is 11.4. The second-order valence-electron chi connectivity index (χ2n) is 5.07. The molecule has 2 N–H and O–H groups in total. The zero-order valence-corrected chi connectivity index (χ0v) is 15.5. The molecule has 1 aromatic carbocycles. The third-order valence-corrected chi connectivity index (χ3v) is 4.91. The number of aliphatic carboxylic acids is 1. The Balaban J connectivity index is 0.000000823. The Bertz CT molecular complexity index is 674. The molecule has 1 aromatic rings. The fourth-order valence-electron chi connectivity index (χ4n) is 1.91. The maximum absolute atomic E-state index is 12.4. The van der Waals surface area contributed by atoms with Crippen LogP contribution in [0.5, 0.6) is 0 Å². The van der Waals surface area contributed by atoms with Gasteiger partial charge in [0.2, 0.25) is 10.0 Å². The third-order valence-electron chi connectivity index (χ3n) is 2.99. The summed E-state index contributed by atoms with van der Waals surface area (Å²) in [7, 11) is -3.53. The third kappa shape index (κ3) is 7.95. The number of nitrogens with zero attached hydrogens (tertiary/aromatic N) is 1. The predicted molar refractivity (Wildman–Crippen MR) is 95.2 cm³/mol. The minimum Gasteiger partial charge on any atom is -0.478 e. The van der Waals surface area contributed by atoms with Crippen LogP contribution in [0.4, 0.5) is 0 Å². The second-order valence-corrected chi connectivity index (χ2v) is 7.01. The topological polar surface area (TPSA) is 112 Å². The highest BCUT2D eigenvalue weighted by atomic mass is 32.2. The first-order valence-corrected chi connectivity index (χ1v) is 9.33. The summed E-state index contributed by atoms with van der Waals surface area (Å²) in [5.74, 6) is -1.96. The predicted octanol–water partition coefficient (Wildman–Crippen LogP) is 2.84. The van der Waals surface area contributed by atoms with Gasteiger partial charge < -0.3 is 10.2 Å². The summed E-state index contributed by atoms with van der Waals surface area (Å²) in [5.41, 5.74) is 0.0801. The highest BCUT2D eigenvalue weighted by Crippen LogP contribution is 2.17. The molecule has 0 aliphatic rings. The van der Waals surface area contributed by atoms with E-state index in [0.29, 0.717) is 13.1 Å². The lowest BCUT2D eigenvalue weighted by atomic mass is 10.2. The van der Waals surface area contributed by atoms with Crippen molar-refractivity contribution in [2.45, 2.75) is 38.5 Å². The quantitative estimate of drug-likeness (QED) is 0.680. The molecule has 0 radical (unpaired) electrons. The van der Waals surface area contributed by atoms with E-state index in [-0.39, 0.29) is 10.5 Å². The molecule has 0 atom stereocenters. The molecule has 0 saturated heterocycles. The number of allylic oxidation sites excluding steroid dienone is 1. The van der Waals surface area contributed by atoms with Crippen molar-refractivity contribution in [2.24, 2.45) is 0 Å². The highest BCUT2D eigenvalue weighted by molar-refractivity contribution is 7.89. The minimum atomic E-state index is -3.53. The van der Waals surface area contributed by atoms with E-state index in [0.717, 1.165) is 18.9 Å². The lowest BCUT2D eigenvalue weighted by Gasteiger charge is -2.20. The molecule has 0 aliphatic heterocycles. The lowest BCUT2D eigenvalue weighted by molar-refractivity contribution is -0.131. The Morgan fingerprint density at radius 3 is 1.80 bits per heavy atom. The Morgan fingerprint density at radius 2 is 1.52 bits per heavy atom. The summed E-state index contributed by atoms with van der Waals surface area (Å²) in [6.07, 6.45) is 4.04. The molecule has 25 heavy (non-hydrogen) atoms. The van der Waals surface area contributed by atoms with Gasteiger partial charge >= 0.3 is 11.9 Å². The molecule has 0 heterocycles. The largest absolute Gasteiger partial charge is 0.478 e. The van der Waals surface area contributed by atoms with Gasteiger partial charge in [-0.2, -0.15) is 4.31 Å². The van der Waals surface area contributed by atoms with Crippen molar-refractivity contribution >= 4 is 22.0 Å². The van der Waals surface area contributed by atoms with Crippen LogP contribution in [0.2, 0.25) is 0 Å². The molecular weight excluding hydrogens is 346 g/mol. The van der Waals surface area contributed by atoms with Crippen molar-refractivity contribution in [3.8, 4) is 0 Å². The molecule has 0 fully saturated rings. The maximum Gasteiger partial charge on any atom is 0.335 e. The van der Waals surface area contributed by atoms with Crippen molar-refractivity contribution < 1.29 is 28.2 Å². The van der Waals surface area contributed by atoms with E-state index in [1.54, 1.807) is 6.92 Å². The number of hydrogen-bond acceptors (Lipinski definition) is 4. The number of hydrogen-bond donors (Lipinski definition) is 2. The molecule has 0 unspecified atom stereocenters. The van der Waals surface area contributed by atoms with Gasteiger partial charge in [-0.3, -0.25) is 0 Å². The summed E-state index contributed by atoms with van der Waals surface area (Å²) in [4.78, 5) is 20.4. The van der Waals surface area contributed by atoms with E-state index < -0.39 is 22.0 Å². The van der Waals surface area contributed by atoms with Gasteiger partial charge in [-0.15, -0.1) is 0 Å². The molecule has 0 aromatic heterocycles. The number of benzene rings is 1. The number of sulfonamides is 1. The van der Waals surface area contributed by atoms with Crippen LogP contribution in [0.25, 0.3) is 0 Å². The lowest BCUT2D eigenvalue weighted by Crippen LogP contribution is -2.32. The first-order valence-electron chi connectivity index (χ1n) is 7.89. The molecule has 8 heteroatoms. The van der Waals surface area contributed by atoms with Gasteiger partial charge in [0.25, 0.3) is 0 Å². The number of aromatic carboxylic acids is 1. The maximum atomic E-state index is 12.4. The van der Waals surface area contributed by atoms with Crippen molar-refractivity contribution in [2.75, 3.05) is 13.1 Å². The van der Waals surface area contributed by atoms with E-state index in [1.165, 1.54) is 34.6 Å². The molecule has 0 amide bonds. The van der Waals surface area contributed by atoms with E-state index >= 15 is 0 Å². The fraction of sp³-hybridized carbons (Fsp3) is 0.412. The SMILES string of the molecule is C/C=C/C(=O)O.CCCN(CCC)S(=O)(=O)c1ccc(C(=O)O)cc1. The Morgan fingerprint density at radius 1 is 1.04 bits per heavy atom. The highest BCUT2D eigenvalue weighted by Gasteiger charge is 2.23. The van der Waals surface area contributed by atoms with Crippen LogP contribution in [0.15, 0.2) is 41.3 Å². The van der Waals surface area contributed by atoms with Gasteiger partial charge in [0.15, 0.2) is 0 Å². The van der Waals surface area contributed by atoms with Crippen LogP contribution in [0, 0.1) is 0 Å². The molecule has 140 valence electrons. The Hall–Kier alpha value is -2.19. The van der Waals surface area contributed by atoms with Crippen LogP contribution in [0.1, 0.15) is 44.0 Å². The number of rotatable bonds is 8. The van der Waals surface area contributed by atoms with Crippen LogP contribution in [-0.2, 0) is 14.8 Å². The number of carbonyl (C=O) groups is 2. The smallest absolute Gasteiger partial charge is 0.335 e. The molecular formula is C17H25NO6S. The van der Waals surface area contributed by atoms with Gasteiger partial charge in [0, 0.05) is 19.2 Å². The Labute approximate surface area is 148 Å². The molecule has 1 rings (SSSR count). The molecule has 0 saturated carbocycles. The first-order chi connectivity index (χ1) is 11.7. The van der Waals surface area contributed by atoms with E-state index in [1.807, 2.05) is 13.8 Å². The molecule has 7 nitrogen and oxygen atoms in total. The van der Waals surface area contributed by atoms with Crippen LogP contribution in [0.3, 0.4) is 0 Å². The summed E-state index contributed by atoms with van der Waals surface area (Å²) in [6, 6.07) is 5.31. The average Bonchev–Trinajstić information content (AvgIpc) is 2.55. The number of carboxylic acids is 2. The summed E-state index contributed by atoms with van der Waals surface area (Å²) < 4.78 is 26.2. The minimum absolute atomic E-state index is 0.0801. The van der Waals surface area contributed by atoms with Gasteiger partial charge in [0.05, 0.1) is 10.5 Å². The van der Waals surface area contributed by atoms with Crippen molar-refractivity contribution in [1.29, 1.82) is 0 Å². The summed E-state index contributed by atoms with van der Waals surface area (Å²) in [5, 5.41) is 16.6. The van der Waals surface area contributed by atoms with E-state index in [4.69, 9.17) is 10.2 Å². The van der Waals surface area contributed by atoms with Crippen molar-refractivity contribution in [1.82, 2.24) is 4.31 Å². The van der Waals surface area contributed by atoms with Gasteiger partial charge in [-0.25, -0.2) is 18.0 Å². The summed E-state index contributed by atoms with van der Waals surface area (Å²) in [6.45, 7) is 6.44. The van der Waals surface area contributed by atoms with Crippen molar-refractivity contribution in [3.63, 3.8) is 0 Å². The van der Waals surface area contributed by atoms with Crippen molar-refractivity contribution in [3.05, 3.63) is 42.0 Å². The van der Waals surface area contributed by atoms with Crippen LogP contribution >= 0.6 is 0 Å². The van der Waals surface area contributed by atoms with Gasteiger partial charge in [0.1, 0.15) is 0 Å². The van der Waals surface area contributed by atoms with Crippen LogP contribution < -0.4 is 0 Å². The monoisotopic (exact) mass is 371 g/mol. The normalized spacial score (nSPS) is 11.2. The molecule has 0 spiro atoms.